The summed E-state index contributed by atoms with van der Waals surface area (Å²) in [5.74, 6) is 1.27. The number of fused-ring (bicyclic) bond motifs is 1. The van der Waals surface area contributed by atoms with Crippen LogP contribution in [0.4, 0.5) is 0 Å². The number of nitrogens with zero attached hydrogens (tertiary/aromatic N) is 6. The van der Waals surface area contributed by atoms with Crippen LogP contribution in [-0.2, 0) is 13.1 Å². The summed E-state index contributed by atoms with van der Waals surface area (Å²) in [6.07, 6.45) is 9.99. The van der Waals surface area contributed by atoms with Crippen LogP contribution in [0.5, 0.6) is 11.5 Å². The molecule has 3 heterocycles. The predicted molar refractivity (Wildman–Crippen MR) is 131 cm³/mol. The van der Waals surface area contributed by atoms with Gasteiger partial charge < -0.3 is 13.9 Å². The number of hydrogen-bond acceptors (Lipinski definition) is 8. The fourth-order valence-corrected chi connectivity index (χ4v) is 3.44. The summed E-state index contributed by atoms with van der Waals surface area (Å²) < 4.78 is 21.0. The third kappa shape index (κ3) is 7.46. The van der Waals surface area contributed by atoms with Crippen LogP contribution >= 0.6 is 24.8 Å². The number of aryl methyl sites for hydroxylation is 3. The van der Waals surface area contributed by atoms with Crippen LogP contribution in [0, 0.1) is 6.92 Å². The molecule has 34 heavy (non-hydrogen) atoms. The van der Waals surface area contributed by atoms with Crippen molar-refractivity contribution in [2.75, 3.05) is 13.2 Å². The maximum Gasteiger partial charge on any atom is 0.336 e. The van der Waals surface area contributed by atoms with Gasteiger partial charge in [-0.05, 0) is 38.2 Å². The van der Waals surface area contributed by atoms with Crippen LogP contribution in [0.15, 0.2) is 52.7 Å². The lowest BCUT2D eigenvalue weighted by atomic mass is 10.1. The number of aromatic nitrogens is 6. The lowest BCUT2D eigenvalue weighted by molar-refractivity contribution is 0.289. The molecule has 0 N–H and O–H groups in total. The van der Waals surface area contributed by atoms with Crippen LogP contribution < -0.4 is 15.1 Å². The molecule has 0 aliphatic rings. The molecule has 0 saturated carbocycles. The van der Waals surface area contributed by atoms with Gasteiger partial charge in [-0.2, -0.15) is 10.2 Å². The molecule has 0 radical (unpaired) electrons. The molecule has 0 aliphatic heterocycles. The van der Waals surface area contributed by atoms with Crippen molar-refractivity contribution < 1.29 is 13.9 Å². The Hall–Kier alpha value is -3.11. The van der Waals surface area contributed by atoms with Gasteiger partial charge in [-0.25, -0.2) is 14.8 Å². The van der Waals surface area contributed by atoms with Crippen LogP contribution in [0.2, 0.25) is 0 Å². The molecule has 4 aromatic rings. The van der Waals surface area contributed by atoms with E-state index in [4.69, 9.17) is 13.9 Å². The zero-order valence-electron chi connectivity index (χ0n) is 18.8. The van der Waals surface area contributed by atoms with Gasteiger partial charge >= 0.3 is 5.63 Å². The molecule has 0 atom stereocenters. The average Bonchev–Trinajstić information content (AvgIpc) is 3.47. The molecule has 3 aromatic heterocycles. The summed E-state index contributed by atoms with van der Waals surface area (Å²) in [6, 6.07) is 5.09. The lowest BCUT2D eigenvalue weighted by Crippen LogP contribution is -2.06. The summed E-state index contributed by atoms with van der Waals surface area (Å²) in [7, 11) is 0. The van der Waals surface area contributed by atoms with Crippen LogP contribution in [-0.4, -0.2) is 42.7 Å². The summed E-state index contributed by atoms with van der Waals surface area (Å²) in [5, 5.41) is 8.98. The maximum atomic E-state index is 11.9. The van der Waals surface area contributed by atoms with Gasteiger partial charge in [0.2, 0.25) is 0 Å². The number of halogens is 2. The fourth-order valence-electron chi connectivity index (χ4n) is 3.44. The van der Waals surface area contributed by atoms with Gasteiger partial charge in [0.15, 0.2) is 0 Å². The second-order valence-corrected chi connectivity index (χ2v) is 7.47. The van der Waals surface area contributed by atoms with Gasteiger partial charge in [-0.15, -0.1) is 24.8 Å². The zero-order chi connectivity index (χ0) is 22.2. The molecular formula is C22H28Cl2N6O4. The highest BCUT2D eigenvalue weighted by Crippen LogP contribution is 2.33. The third-order valence-electron chi connectivity index (χ3n) is 5.00. The first-order valence-corrected chi connectivity index (χ1v) is 10.7. The highest BCUT2D eigenvalue weighted by atomic mass is 35.5. The topological polar surface area (TPSA) is 110 Å². The van der Waals surface area contributed by atoms with Gasteiger partial charge in [0.1, 0.15) is 42.4 Å². The molecule has 0 amide bonds. The van der Waals surface area contributed by atoms with E-state index in [2.05, 4.69) is 20.2 Å². The minimum atomic E-state index is -0.390. The van der Waals surface area contributed by atoms with Gasteiger partial charge in [0.25, 0.3) is 0 Å². The number of unbranched alkanes of at least 4 members (excludes halogenated alkanes) is 2. The first-order valence-electron chi connectivity index (χ1n) is 10.7. The minimum Gasteiger partial charge on any atom is -0.493 e. The van der Waals surface area contributed by atoms with Crippen molar-refractivity contribution in [3.05, 3.63) is 59.5 Å². The molecule has 4 rings (SSSR count). The molecule has 0 unspecified atom stereocenters. The van der Waals surface area contributed by atoms with E-state index < -0.39 is 5.63 Å². The highest BCUT2D eigenvalue weighted by Gasteiger charge is 2.12. The summed E-state index contributed by atoms with van der Waals surface area (Å²) in [4.78, 5) is 19.8. The third-order valence-corrected chi connectivity index (χ3v) is 5.00. The van der Waals surface area contributed by atoms with E-state index in [1.165, 1.54) is 18.7 Å². The van der Waals surface area contributed by atoms with E-state index in [0.717, 1.165) is 49.7 Å². The Labute approximate surface area is 209 Å². The van der Waals surface area contributed by atoms with Crippen LogP contribution in [0.1, 0.15) is 31.2 Å². The van der Waals surface area contributed by atoms with Crippen molar-refractivity contribution in [2.45, 2.75) is 45.7 Å². The standard InChI is InChI=1S/C22H26N6O4.2ClH/c1-17-10-21(29)32-20-12-18(30-8-4-2-6-27-15-23-13-25-27)11-19(22(17)20)31-9-5-3-7-28-16-24-14-26-28;;/h10-16H,2-9H2,1H3;2*1H. The lowest BCUT2D eigenvalue weighted by Gasteiger charge is -2.13. The van der Waals surface area contributed by atoms with E-state index >= 15 is 0 Å². The zero-order valence-corrected chi connectivity index (χ0v) is 20.5. The Balaban J connectivity index is 0.00000204. The molecule has 10 nitrogen and oxygen atoms in total. The maximum absolute atomic E-state index is 11.9. The van der Waals surface area contributed by atoms with Gasteiger partial charge in [0.05, 0.1) is 18.6 Å². The number of rotatable bonds is 12. The molecule has 12 heteroatoms. The first-order chi connectivity index (χ1) is 15.7. The quantitative estimate of drug-likeness (QED) is 0.208. The predicted octanol–water partition coefficient (Wildman–Crippen LogP) is 3.85. The molecule has 184 valence electrons. The molecule has 0 bridgehead atoms. The van der Waals surface area contributed by atoms with Gasteiger partial charge in [-0.3, -0.25) is 9.36 Å². The van der Waals surface area contributed by atoms with Crippen molar-refractivity contribution in [2.24, 2.45) is 0 Å². The van der Waals surface area contributed by atoms with Crippen molar-refractivity contribution in [1.29, 1.82) is 0 Å². The monoisotopic (exact) mass is 510 g/mol. The molecule has 0 fully saturated rings. The second-order valence-electron chi connectivity index (χ2n) is 7.47. The number of benzene rings is 1. The Morgan fingerprint density at radius 3 is 2.06 bits per heavy atom. The highest BCUT2D eigenvalue weighted by molar-refractivity contribution is 5.88. The Morgan fingerprint density at radius 2 is 1.47 bits per heavy atom. The van der Waals surface area contributed by atoms with Gasteiger partial charge in [0, 0.05) is 31.3 Å². The average molecular weight is 511 g/mol. The SMILES string of the molecule is Cc1cc(=O)oc2cc(OCCCCn3cncn3)cc(OCCCCn3cncn3)c12.Cl.Cl. The van der Waals surface area contributed by atoms with E-state index in [9.17, 15) is 4.79 Å². The largest absolute Gasteiger partial charge is 0.493 e. The second kappa shape index (κ2) is 13.6. The Bertz CT molecular complexity index is 1180. The van der Waals surface area contributed by atoms with E-state index in [0.29, 0.717) is 30.3 Å². The first kappa shape index (κ1) is 27.1. The molecular weight excluding hydrogens is 483 g/mol. The van der Waals surface area contributed by atoms with Crippen molar-refractivity contribution >= 4 is 35.8 Å². The molecule has 0 aliphatic carbocycles. The van der Waals surface area contributed by atoms with E-state index in [1.54, 1.807) is 28.1 Å². The Kier molecular flexibility index (Phi) is 10.8. The molecule has 1 aromatic carbocycles. The smallest absolute Gasteiger partial charge is 0.336 e. The van der Waals surface area contributed by atoms with Crippen LogP contribution in [0.3, 0.4) is 0 Å². The van der Waals surface area contributed by atoms with E-state index in [1.807, 2.05) is 13.0 Å². The van der Waals surface area contributed by atoms with Crippen molar-refractivity contribution in [3.63, 3.8) is 0 Å². The number of ether oxygens (including phenoxy) is 2. The van der Waals surface area contributed by atoms with E-state index in [-0.39, 0.29) is 24.8 Å². The molecule has 0 spiro atoms. The Morgan fingerprint density at radius 1 is 0.853 bits per heavy atom. The number of hydrogen-bond donors (Lipinski definition) is 0. The summed E-state index contributed by atoms with van der Waals surface area (Å²) in [5.41, 5.74) is 0.889. The van der Waals surface area contributed by atoms with Crippen molar-refractivity contribution in [3.8, 4) is 11.5 Å². The minimum absolute atomic E-state index is 0. The summed E-state index contributed by atoms with van der Waals surface area (Å²) >= 11 is 0. The van der Waals surface area contributed by atoms with Crippen molar-refractivity contribution in [1.82, 2.24) is 29.5 Å². The van der Waals surface area contributed by atoms with Gasteiger partial charge in [-0.1, -0.05) is 0 Å². The summed E-state index contributed by atoms with van der Waals surface area (Å²) in [6.45, 7) is 4.52. The van der Waals surface area contributed by atoms with Crippen LogP contribution in [0.25, 0.3) is 11.0 Å². The fraction of sp³-hybridized carbons (Fsp3) is 0.409. The normalized spacial score (nSPS) is 10.5. The molecule has 0 saturated heterocycles.